The van der Waals surface area contributed by atoms with Crippen LogP contribution in [0.4, 0.5) is 0 Å². The number of nitrogens with zero attached hydrogens (tertiary/aromatic N) is 8. The summed E-state index contributed by atoms with van der Waals surface area (Å²) in [6, 6.07) is 0.620. The van der Waals surface area contributed by atoms with Crippen LogP contribution in [0.5, 0.6) is 0 Å². The number of morpholine rings is 1. The minimum absolute atomic E-state index is 0. The van der Waals surface area contributed by atoms with Gasteiger partial charge in [0.05, 0.1) is 19.0 Å². The summed E-state index contributed by atoms with van der Waals surface area (Å²) < 4.78 is 10.7. The fourth-order valence-electron chi connectivity index (χ4n) is 5.11. The molecule has 474 valence electrons. The van der Waals surface area contributed by atoms with E-state index >= 15 is 0 Å². The zero-order valence-electron chi connectivity index (χ0n) is 53.1. The second-order valence-corrected chi connectivity index (χ2v) is 27.5. The summed E-state index contributed by atoms with van der Waals surface area (Å²) in [7, 11) is 11.0. The number of carboxylic acids is 2. The monoisotopic (exact) mass is 1520 g/mol. The Morgan fingerprint density at radius 2 is 0.988 bits per heavy atom. The van der Waals surface area contributed by atoms with Gasteiger partial charge in [0.25, 0.3) is 0 Å². The van der Waals surface area contributed by atoms with Gasteiger partial charge in [0.1, 0.15) is 34.7 Å². The normalized spacial score (nSPS) is 12.2. The van der Waals surface area contributed by atoms with Gasteiger partial charge in [0.2, 0.25) is 5.91 Å². The SMILES string of the molecule is CCN(CC)C(=S)SC.CCN(CC)C(=S)SC.CCN(CC)C(=S)SC.CCSC(=S)NCC(=O)O.CN(C)C(=S)[S-].CN(C)C(=S)[S-].CN(C)C(=S)[S-].O=C(O)CN1C(=O)CSC1=S.S=C(NC1CCCCC1)N1CCOCC1.[K+].[Li+].[Na+]. The number of carboxylic acid groups (broad SMARTS) is 2. The molecule has 0 bridgehead atoms. The van der Waals surface area contributed by atoms with Crippen LogP contribution < -0.4 is 110 Å². The molecule has 4 N–H and O–H groups in total. The number of thiocarbonyl (C=S) groups is 9. The summed E-state index contributed by atoms with van der Waals surface area (Å²) >= 11 is 65.0. The number of amides is 1. The molecule has 0 aromatic rings. The van der Waals surface area contributed by atoms with E-state index in [1.807, 2.05) is 68.0 Å². The van der Waals surface area contributed by atoms with Crippen molar-refractivity contribution >= 4 is 264 Å². The van der Waals surface area contributed by atoms with Crippen molar-refractivity contribution < 1.29 is 129 Å². The van der Waals surface area contributed by atoms with Crippen molar-refractivity contribution in [1.29, 1.82) is 0 Å². The van der Waals surface area contributed by atoms with Gasteiger partial charge in [-0.1, -0.05) is 124 Å². The maximum Gasteiger partial charge on any atom is 1.00 e. The molecule has 0 radical (unpaired) electrons. The molecule has 3 rings (SSSR count). The number of aliphatic carboxylic acids is 2. The van der Waals surface area contributed by atoms with E-state index in [4.69, 9.17) is 88.3 Å². The molecule has 1 saturated carbocycles. The zero-order chi connectivity index (χ0) is 64.2. The molecule has 3 fully saturated rings. The van der Waals surface area contributed by atoms with E-state index in [0.717, 1.165) is 94.3 Å². The number of carbonyl (C=O) groups is 3. The first-order valence-corrected chi connectivity index (χ1v) is 36.0. The third kappa shape index (κ3) is 67.9. The molecule has 3 aliphatic rings. The fraction of sp³-hybridized carbons (Fsp3) is 0.750. The van der Waals surface area contributed by atoms with Gasteiger partial charge < -0.3 is 134 Å². The standard InChI is InChI=1S/C11H20N2OS.3C6H13NS2.C5H5NO3S2.C5H9NO2S2.3C3H7NS2.K.Li.Na/c15-11(13-6-8-14-9-7-13)12-10-4-2-1-3-5-10;3*1-4-7(5-2)6(8)9-3;7-3-2-11-5(10)6(3)1-4(8)9;1-2-10-5(9)6-3-4(7)8;3*1-4(2)3(5)6;;;/h10H,1-9H2,(H,12,15);3*4-5H2,1-3H3;1-2H2,(H,8,9);2-3H2,1H3,(H,6,9)(H,7,8);3*1-2H3,(H,5,6);;;/q;;;;;;;;;3*+1/p-3. The van der Waals surface area contributed by atoms with Crippen LogP contribution in [0.15, 0.2) is 0 Å². The molecule has 2 aliphatic heterocycles. The third-order valence-corrected chi connectivity index (χ3v) is 19.0. The third-order valence-electron chi connectivity index (χ3n) is 9.71. The molecule has 2 saturated heterocycles. The number of hydrogen-bond acceptors (Lipinski definition) is 21. The first-order chi connectivity index (χ1) is 37.8. The van der Waals surface area contributed by atoms with Crippen molar-refractivity contribution in [2.45, 2.75) is 86.6 Å². The summed E-state index contributed by atoms with van der Waals surface area (Å²) in [4.78, 5) is 46.0. The molecule has 2 heterocycles. The largest absolute Gasteiger partial charge is 1.00 e. The summed E-state index contributed by atoms with van der Waals surface area (Å²) in [6.07, 6.45) is 12.7. The predicted molar refractivity (Wildman–Crippen MR) is 404 cm³/mol. The van der Waals surface area contributed by atoms with Gasteiger partial charge in [0, 0.05) is 101 Å². The smallest absolute Gasteiger partial charge is 0.480 e. The second kappa shape index (κ2) is 71.9. The zero-order valence-corrected chi connectivity index (χ0v) is 72.1. The molecule has 0 aromatic heterocycles. The van der Waals surface area contributed by atoms with Gasteiger partial charge in [-0.05, 0) is 91.1 Å². The minimum Gasteiger partial charge on any atom is -0.480 e. The molecular weight excluding hydrogens is 1430 g/mol. The Balaban J connectivity index is -0.000000109. The molecule has 36 heteroatoms. The molecule has 16 nitrogen and oxygen atoms in total. The van der Waals surface area contributed by atoms with Crippen LogP contribution in [-0.2, 0) is 57.0 Å². The van der Waals surface area contributed by atoms with E-state index in [1.54, 1.807) is 50.0 Å². The van der Waals surface area contributed by atoms with E-state index in [-0.39, 0.29) is 125 Å². The number of nitrogens with one attached hydrogen (secondary N) is 2. The van der Waals surface area contributed by atoms with Gasteiger partial charge in [-0.2, -0.15) is 0 Å². The average molecular weight is 1520 g/mol. The van der Waals surface area contributed by atoms with Crippen molar-refractivity contribution in [3.05, 3.63) is 0 Å². The maximum absolute atomic E-state index is 10.9. The minimum atomic E-state index is -1.04. The number of carbonyl (C=O) groups excluding carboxylic acids is 1. The van der Waals surface area contributed by atoms with Crippen molar-refractivity contribution in [1.82, 2.24) is 49.8 Å². The van der Waals surface area contributed by atoms with E-state index < -0.39 is 11.9 Å². The number of rotatable bonds is 12. The van der Waals surface area contributed by atoms with Crippen LogP contribution in [0, 0.1) is 0 Å². The molecule has 0 atom stereocenters. The molecule has 0 aromatic carbocycles. The Morgan fingerprint density at radius 1 is 0.655 bits per heavy atom. The summed E-state index contributed by atoms with van der Waals surface area (Å²) in [5, 5.41) is 23.5. The Kier molecular flexibility index (Phi) is 90.5. The van der Waals surface area contributed by atoms with Crippen LogP contribution in [0.3, 0.4) is 0 Å². The summed E-state index contributed by atoms with van der Waals surface area (Å²) in [5.41, 5.74) is 0. The Bertz CT molecular complexity index is 1720. The van der Waals surface area contributed by atoms with Crippen LogP contribution in [-0.4, -0.2) is 264 Å². The summed E-state index contributed by atoms with van der Waals surface area (Å²) in [5.74, 6) is -1.01. The van der Waals surface area contributed by atoms with Crippen LogP contribution in [0.1, 0.15) is 80.6 Å². The Labute approximate surface area is 670 Å². The average Bonchev–Trinajstić information content (AvgIpc) is 3.74. The van der Waals surface area contributed by atoms with Crippen molar-refractivity contribution in [2.24, 2.45) is 0 Å². The fourth-order valence-corrected chi connectivity index (χ4v) is 9.71. The van der Waals surface area contributed by atoms with E-state index in [1.165, 1.54) is 55.6 Å². The first-order valence-electron chi connectivity index (χ1n) is 25.4. The van der Waals surface area contributed by atoms with Crippen LogP contribution in [0.25, 0.3) is 0 Å². The molecule has 1 amide bonds. The van der Waals surface area contributed by atoms with Crippen molar-refractivity contribution in [3.8, 4) is 0 Å². The molecule has 84 heavy (non-hydrogen) atoms. The molecular formula is C48H91KLiN10NaO6S17. The summed E-state index contributed by atoms with van der Waals surface area (Å²) in [6.45, 7) is 23.9. The predicted octanol–water partition coefficient (Wildman–Crippen LogP) is 0.235. The number of hydrogen-bond donors (Lipinski definition) is 4. The molecule has 0 unspecified atom stereocenters. The Hall–Kier alpha value is 3.02. The number of ether oxygens (including phenoxy) is 1. The van der Waals surface area contributed by atoms with Crippen LogP contribution >= 0.6 is 169 Å². The molecule has 0 spiro atoms. The quantitative estimate of drug-likeness (QED) is 0.120. The van der Waals surface area contributed by atoms with Crippen molar-refractivity contribution in [3.63, 3.8) is 0 Å². The van der Waals surface area contributed by atoms with E-state index in [2.05, 4.69) is 146 Å². The topological polar surface area (TPSA) is 151 Å². The van der Waals surface area contributed by atoms with E-state index in [9.17, 15) is 14.4 Å². The van der Waals surface area contributed by atoms with Crippen molar-refractivity contribution in [2.75, 3.05) is 151 Å². The van der Waals surface area contributed by atoms with Gasteiger partial charge in [0.15, 0.2) is 5.11 Å². The van der Waals surface area contributed by atoms with Crippen LogP contribution in [0.2, 0.25) is 0 Å². The van der Waals surface area contributed by atoms with E-state index in [0.29, 0.717) is 27.6 Å². The van der Waals surface area contributed by atoms with Gasteiger partial charge in [-0.25, -0.2) is 0 Å². The number of thioether (sulfide) groups is 5. The van der Waals surface area contributed by atoms with Gasteiger partial charge in [-0.15, -0.1) is 35.3 Å². The second-order valence-electron chi connectivity index (χ2n) is 16.2. The Morgan fingerprint density at radius 3 is 1.21 bits per heavy atom. The molecule has 1 aliphatic carbocycles. The first kappa shape index (κ1) is 106. The van der Waals surface area contributed by atoms with Gasteiger partial charge >= 0.3 is 112 Å². The maximum atomic E-state index is 10.9. The van der Waals surface area contributed by atoms with Gasteiger partial charge in [-0.3, -0.25) is 19.3 Å².